The molecule has 3 nitrogen and oxygen atoms in total. The molecule has 130 valence electrons. The van der Waals surface area contributed by atoms with Gasteiger partial charge in [-0.15, -0.1) is 12.4 Å². The number of hydrogen-bond donors (Lipinski definition) is 0. The molecular weight excluding hydrogens is 317 g/mol. The number of halogens is 2. The number of hydrogen-bond acceptors (Lipinski definition) is 3. The lowest BCUT2D eigenvalue weighted by atomic mass is 9.98. The third-order valence-electron chi connectivity index (χ3n) is 4.99. The van der Waals surface area contributed by atoms with Crippen LogP contribution in [0.3, 0.4) is 0 Å². The Morgan fingerprint density at radius 1 is 1.26 bits per heavy atom. The van der Waals surface area contributed by atoms with Gasteiger partial charge in [0.15, 0.2) is 11.6 Å². The maximum atomic E-state index is 14.0. The van der Waals surface area contributed by atoms with E-state index in [1.165, 1.54) is 31.7 Å². The second-order valence-electron chi connectivity index (χ2n) is 6.40. The molecule has 0 spiro atoms. The molecular formula is C18H27ClFNO2. The van der Waals surface area contributed by atoms with Crippen LogP contribution in [-0.4, -0.2) is 37.2 Å². The Hall–Kier alpha value is -1.00. The predicted octanol–water partition coefficient (Wildman–Crippen LogP) is 4.21. The summed E-state index contributed by atoms with van der Waals surface area (Å²) in [5.41, 5.74) is 0.887. The molecule has 23 heavy (non-hydrogen) atoms. The molecule has 5 heteroatoms. The first kappa shape index (κ1) is 18.3. The molecule has 0 unspecified atom stereocenters. The Kier molecular flexibility index (Phi) is 6.54. The second kappa shape index (κ2) is 8.20. The van der Waals surface area contributed by atoms with E-state index < -0.39 is 0 Å². The summed E-state index contributed by atoms with van der Waals surface area (Å²) in [5, 5.41) is 0. The monoisotopic (exact) mass is 343 g/mol. The number of rotatable bonds is 5. The van der Waals surface area contributed by atoms with Gasteiger partial charge in [-0.25, -0.2) is 4.39 Å². The summed E-state index contributed by atoms with van der Waals surface area (Å²) in [4.78, 5) is 2.60. The van der Waals surface area contributed by atoms with Gasteiger partial charge in [0.1, 0.15) is 12.4 Å². The normalized spacial score (nSPS) is 20.8. The molecule has 1 saturated carbocycles. The Morgan fingerprint density at radius 2 is 2.00 bits per heavy atom. The van der Waals surface area contributed by atoms with Crippen LogP contribution in [0.4, 0.5) is 4.39 Å². The molecule has 0 saturated heterocycles. The molecule has 1 atom stereocenters. The van der Waals surface area contributed by atoms with Gasteiger partial charge in [-0.05, 0) is 44.4 Å². The number of fused-ring (bicyclic) bond motifs is 1. The lowest BCUT2D eigenvalue weighted by Crippen LogP contribution is -2.48. The van der Waals surface area contributed by atoms with Crippen LogP contribution in [0, 0.1) is 5.82 Å². The van der Waals surface area contributed by atoms with Gasteiger partial charge in [0.25, 0.3) is 0 Å². The van der Waals surface area contributed by atoms with Crippen molar-refractivity contribution in [2.75, 3.05) is 20.3 Å². The van der Waals surface area contributed by atoms with Crippen molar-refractivity contribution in [3.8, 4) is 11.5 Å². The van der Waals surface area contributed by atoms with Crippen molar-refractivity contribution >= 4 is 12.4 Å². The van der Waals surface area contributed by atoms with Crippen molar-refractivity contribution in [3.63, 3.8) is 0 Å². The standard InChI is InChI=1S/C18H26FNO2.ClH/c1-3-10-20(13-6-4-5-7-13)14-11-15-17(21-2)9-8-16(19)18(15)22-12-14;/h8-9,13-14H,3-7,10-12H2,1-2H3;1H/t14-;/m1./s1. The fourth-order valence-electron chi connectivity index (χ4n) is 3.97. The van der Waals surface area contributed by atoms with Crippen molar-refractivity contribution < 1.29 is 13.9 Å². The summed E-state index contributed by atoms with van der Waals surface area (Å²) in [5.74, 6) is 0.847. The smallest absolute Gasteiger partial charge is 0.165 e. The van der Waals surface area contributed by atoms with Gasteiger partial charge in [-0.1, -0.05) is 19.8 Å². The SMILES string of the molecule is CCCN(C1CCCC1)[C@H]1COc2c(F)ccc(OC)c2C1.Cl. The van der Waals surface area contributed by atoms with Gasteiger partial charge in [-0.3, -0.25) is 4.90 Å². The van der Waals surface area contributed by atoms with E-state index in [-0.39, 0.29) is 18.2 Å². The molecule has 3 rings (SSSR count). The first-order valence-corrected chi connectivity index (χ1v) is 8.48. The van der Waals surface area contributed by atoms with Crippen LogP contribution >= 0.6 is 12.4 Å². The lowest BCUT2D eigenvalue weighted by molar-refractivity contribution is 0.0783. The van der Waals surface area contributed by atoms with E-state index in [4.69, 9.17) is 9.47 Å². The predicted molar refractivity (Wildman–Crippen MR) is 92.4 cm³/mol. The first-order chi connectivity index (χ1) is 10.7. The lowest BCUT2D eigenvalue weighted by Gasteiger charge is -2.39. The van der Waals surface area contributed by atoms with Crippen LogP contribution in [-0.2, 0) is 6.42 Å². The van der Waals surface area contributed by atoms with E-state index in [1.807, 2.05) is 0 Å². The third-order valence-corrected chi connectivity index (χ3v) is 4.99. The molecule has 1 aromatic carbocycles. The fourth-order valence-corrected chi connectivity index (χ4v) is 3.97. The average Bonchev–Trinajstić information content (AvgIpc) is 3.07. The van der Waals surface area contributed by atoms with Gasteiger partial charge in [0.2, 0.25) is 0 Å². The van der Waals surface area contributed by atoms with Crippen LogP contribution in [0.5, 0.6) is 11.5 Å². The maximum absolute atomic E-state index is 14.0. The Balaban J connectivity index is 0.00000192. The molecule has 0 N–H and O–H groups in total. The van der Waals surface area contributed by atoms with E-state index in [9.17, 15) is 4.39 Å². The minimum Gasteiger partial charge on any atom is -0.496 e. The molecule has 1 aliphatic heterocycles. The summed E-state index contributed by atoms with van der Waals surface area (Å²) in [6, 6.07) is 4.12. The van der Waals surface area contributed by atoms with Crippen LogP contribution in [0.2, 0.25) is 0 Å². The molecule has 2 aliphatic rings. The highest BCUT2D eigenvalue weighted by Crippen LogP contribution is 2.37. The summed E-state index contributed by atoms with van der Waals surface area (Å²) in [6.45, 7) is 3.89. The number of benzene rings is 1. The quantitative estimate of drug-likeness (QED) is 0.799. The summed E-state index contributed by atoms with van der Waals surface area (Å²) in [6.07, 6.45) is 7.17. The van der Waals surface area contributed by atoms with Crippen LogP contribution < -0.4 is 9.47 Å². The van der Waals surface area contributed by atoms with Crippen molar-refractivity contribution in [3.05, 3.63) is 23.5 Å². The summed E-state index contributed by atoms with van der Waals surface area (Å²) < 4.78 is 25.2. The zero-order chi connectivity index (χ0) is 15.5. The number of ether oxygens (including phenoxy) is 2. The number of methoxy groups -OCH3 is 1. The van der Waals surface area contributed by atoms with Gasteiger partial charge >= 0.3 is 0 Å². The van der Waals surface area contributed by atoms with Crippen LogP contribution in [0.1, 0.15) is 44.6 Å². The first-order valence-electron chi connectivity index (χ1n) is 8.48. The average molecular weight is 344 g/mol. The van der Waals surface area contributed by atoms with Crippen molar-refractivity contribution in [2.24, 2.45) is 0 Å². The molecule has 0 bridgehead atoms. The van der Waals surface area contributed by atoms with Gasteiger partial charge in [-0.2, -0.15) is 0 Å². The van der Waals surface area contributed by atoms with Gasteiger partial charge in [0.05, 0.1) is 7.11 Å². The topological polar surface area (TPSA) is 21.7 Å². The summed E-state index contributed by atoms with van der Waals surface area (Å²) >= 11 is 0. The van der Waals surface area contributed by atoms with Crippen LogP contribution in [0.25, 0.3) is 0 Å². The highest BCUT2D eigenvalue weighted by molar-refractivity contribution is 5.85. The minimum atomic E-state index is -0.280. The van der Waals surface area contributed by atoms with E-state index in [0.29, 0.717) is 24.4 Å². The molecule has 1 heterocycles. The fraction of sp³-hybridized carbons (Fsp3) is 0.667. The Labute approximate surface area is 144 Å². The highest BCUT2D eigenvalue weighted by Gasteiger charge is 2.33. The molecule has 1 fully saturated rings. The van der Waals surface area contributed by atoms with E-state index in [2.05, 4.69) is 11.8 Å². The van der Waals surface area contributed by atoms with Gasteiger partial charge in [0, 0.05) is 17.6 Å². The van der Waals surface area contributed by atoms with Crippen molar-refractivity contribution in [1.82, 2.24) is 4.90 Å². The Morgan fingerprint density at radius 3 is 2.65 bits per heavy atom. The van der Waals surface area contributed by atoms with E-state index in [0.717, 1.165) is 30.7 Å². The van der Waals surface area contributed by atoms with Gasteiger partial charge < -0.3 is 9.47 Å². The zero-order valence-corrected chi connectivity index (χ0v) is 14.8. The van der Waals surface area contributed by atoms with E-state index >= 15 is 0 Å². The maximum Gasteiger partial charge on any atom is 0.165 e. The largest absolute Gasteiger partial charge is 0.496 e. The number of nitrogens with zero attached hydrogens (tertiary/aromatic N) is 1. The molecule has 0 aromatic heterocycles. The summed E-state index contributed by atoms with van der Waals surface area (Å²) in [7, 11) is 1.64. The molecule has 0 amide bonds. The third kappa shape index (κ3) is 3.74. The molecule has 1 aliphatic carbocycles. The Bertz CT molecular complexity index is 520. The molecule has 0 radical (unpaired) electrons. The zero-order valence-electron chi connectivity index (χ0n) is 14.0. The van der Waals surface area contributed by atoms with Crippen molar-refractivity contribution in [2.45, 2.75) is 57.5 Å². The van der Waals surface area contributed by atoms with Crippen LogP contribution in [0.15, 0.2) is 12.1 Å². The second-order valence-corrected chi connectivity index (χ2v) is 6.40. The van der Waals surface area contributed by atoms with Crippen molar-refractivity contribution in [1.29, 1.82) is 0 Å². The van der Waals surface area contributed by atoms with E-state index in [1.54, 1.807) is 13.2 Å². The highest BCUT2D eigenvalue weighted by atomic mass is 35.5. The molecule has 1 aromatic rings. The minimum absolute atomic E-state index is 0.